The Morgan fingerprint density at radius 2 is 1.93 bits per heavy atom. The number of nitrogens with zero attached hydrogens (tertiary/aromatic N) is 3. The van der Waals surface area contributed by atoms with Gasteiger partial charge in [0.05, 0.1) is 12.8 Å². The van der Waals surface area contributed by atoms with Gasteiger partial charge in [0.1, 0.15) is 23.9 Å². The highest BCUT2D eigenvalue weighted by atomic mass is 32.1. The molecule has 0 unspecified atom stereocenters. The van der Waals surface area contributed by atoms with Gasteiger partial charge in [0.15, 0.2) is 6.10 Å². The number of rotatable bonds is 3. The van der Waals surface area contributed by atoms with Crippen molar-refractivity contribution >= 4 is 23.0 Å². The summed E-state index contributed by atoms with van der Waals surface area (Å²) >= 11 is 1.70. The van der Waals surface area contributed by atoms with Gasteiger partial charge in [-0.15, -0.1) is 11.3 Å². The smallest absolute Gasteiger partial charge is 0.226 e. The van der Waals surface area contributed by atoms with Crippen LogP contribution in [0.4, 0.5) is 5.95 Å². The average molecular weight is 414 g/mol. The lowest BCUT2D eigenvalue weighted by Crippen LogP contribution is -2.32. The summed E-state index contributed by atoms with van der Waals surface area (Å²) in [5.74, 6) is 2.35. The normalized spacial score (nSPS) is 19.2. The van der Waals surface area contributed by atoms with E-state index in [-0.39, 0.29) is 12.1 Å². The number of nitrogens with one attached hydrogen (secondary N) is 1. The third-order valence-electron chi connectivity index (χ3n) is 5.56. The van der Waals surface area contributed by atoms with Crippen LogP contribution in [0.15, 0.2) is 77.9 Å². The van der Waals surface area contributed by atoms with Crippen LogP contribution >= 0.6 is 11.3 Å². The van der Waals surface area contributed by atoms with Crippen LogP contribution in [0.1, 0.15) is 28.1 Å². The molecule has 2 aromatic carbocycles. The van der Waals surface area contributed by atoms with Crippen LogP contribution in [-0.2, 0) is 0 Å². The molecule has 2 atom stereocenters. The molecule has 2 aliphatic rings. The Morgan fingerprint density at radius 3 is 2.80 bits per heavy atom. The molecule has 0 amide bonds. The summed E-state index contributed by atoms with van der Waals surface area (Å²) in [5.41, 5.74) is 4.12. The van der Waals surface area contributed by atoms with E-state index in [4.69, 9.17) is 9.47 Å². The van der Waals surface area contributed by atoms with Crippen molar-refractivity contribution in [1.82, 2.24) is 14.8 Å². The van der Waals surface area contributed by atoms with E-state index in [0.29, 0.717) is 0 Å². The van der Waals surface area contributed by atoms with Crippen LogP contribution in [0, 0.1) is 0 Å². The van der Waals surface area contributed by atoms with Crippen molar-refractivity contribution in [2.24, 2.45) is 0 Å². The van der Waals surface area contributed by atoms with E-state index in [1.807, 2.05) is 41.1 Å². The molecule has 6 rings (SSSR count). The molecule has 4 heterocycles. The van der Waals surface area contributed by atoms with Gasteiger partial charge in [-0.25, -0.2) is 4.68 Å². The second-order valence-electron chi connectivity index (χ2n) is 7.14. The summed E-state index contributed by atoms with van der Waals surface area (Å²) in [6.45, 7) is 0. The molecule has 30 heavy (non-hydrogen) atoms. The molecule has 2 aliphatic heterocycles. The minimum absolute atomic E-state index is 0.123. The van der Waals surface area contributed by atoms with E-state index in [0.717, 1.165) is 39.8 Å². The van der Waals surface area contributed by atoms with Gasteiger partial charge in [0.2, 0.25) is 5.95 Å². The number of para-hydroxylation sites is 2. The van der Waals surface area contributed by atoms with Gasteiger partial charge in [-0.1, -0.05) is 36.4 Å². The van der Waals surface area contributed by atoms with Crippen molar-refractivity contribution in [2.75, 3.05) is 12.4 Å². The maximum atomic E-state index is 6.62. The maximum Gasteiger partial charge on any atom is 0.226 e. The number of hydrogen-bond donors (Lipinski definition) is 1. The van der Waals surface area contributed by atoms with E-state index in [2.05, 4.69) is 45.0 Å². The van der Waals surface area contributed by atoms with Crippen LogP contribution in [0.3, 0.4) is 0 Å². The number of benzene rings is 2. The Hall–Kier alpha value is -3.58. The summed E-state index contributed by atoms with van der Waals surface area (Å²) in [6, 6.07) is 20.2. The van der Waals surface area contributed by atoms with Crippen LogP contribution in [0.25, 0.3) is 5.70 Å². The largest absolute Gasteiger partial charge is 0.496 e. The Kier molecular flexibility index (Phi) is 3.89. The van der Waals surface area contributed by atoms with Crippen molar-refractivity contribution in [1.29, 1.82) is 0 Å². The number of hydrogen-bond acceptors (Lipinski definition) is 6. The summed E-state index contributed by atoms with van der Waals surface area (Å²) in [7, 11) is 1.69. The lowest BCUT2D eigenvalue weighted by Gasteiger charge is -2.38. The molecular formula is C23H18N4O2S. The number of thiophene rings is 1. The van der Waals surface area contributed by atoms with Gasteiger partial charge < -0.3 is 14.8 Å². The minimum Gasteiger partial charge on any atom is -0.496 e. The molecular weight excluding hydrogens is 396 g/mol. The van der Waals surface area contributed by atoms with Crippen LogP contribution in [-0.4, -0.2) is 21.9 Å². The zero-order valence-electron chi connectivity index (χ0n) is 16.1. The highest BCUT2D eigenvalue weighted by Crippen LogP contribution is 2.52. The molecule has 0 aliphatic carbocycles. The first-order chi connectivity index (χ1) is 14.8. The van der Waals surface area contributed by atoms with Crippen molar-refractivity contribution in [3.63, 3.8) is 0 Å². The number of methoxy groups -OCH3 is 1. The molecule has 0 saturated heterocycles. The Morgan fingerprint density at radius 1 is 1.07 bits per heavy atom. The number of ether oxygens (including phenoxy) is 2. The van der Waals surface area contributed by atoms with Crippen molar-refractivity contribution in [2.45, 2.75) is 12.1 Å². The van der Waals surface area contributed by atoms with Crippen LogP contribution < -0.4 is 14.8 Å². The molecule has 0 bridgehead atoms. The standard InChI is InChI=1S/C23H18N4O2S/c1-28-16-9-4-3-8-15(16)22-19-20(14-7-2-5-10-17(14)29-22)26-23-24-13-25-27(23)21(19)18-11-6-12-30-18/h2-13,21-22H,1H3,(H,24,25,26)/t21-,22+/m1/s1. The predicted octanol–water partition coefficient (Wildman–Crippen LogP) is 4.91. The molecule has 1 N–H and O–H groups in total. The third-order valence-corrected chi connectivity index (χ3v) is 6.48. The van der Waals surface area contributed by atoms with E-state index in [1.165, 1.54) is 4.88 Å². The number of aromatic nitrogens is 3. The highest BCUT2D eigenvalue weighted by molar-refractivity contribution is 7.10. The van der Waals surface area contributed by atoms with Crippen molar-refractivity contribution in [3.8, 4) is 11.5 Å². The first kappa shape index (κ1) is 17.3. The zero-order valence-corrected chi connectivity index (χ0v) is 17.0. The molecule has 0 fully saturated rings. The van der Waals surface area contributed by atoms with E-state index in [1.54, 1.807) is 24.8 Å². The van der Waals surface area contributed by atoms with Crippen LogP contribution in [0.2, 0.25) is 0 Å². The number of anilines is 1. The summed E-state index contributed by atoms with van der Waals surface area (Å²) < 4.78 is 14.2. The maximum absolute atomic E-state index is 6.62. The second kappa shape index (κ2) is 6.74. The molecule has 7 heteroatoms. The molecule has 0 saturated carbocycles. The van der Waals surface area contributed by atoms with E-state index >= 15 is 0 Å². The van der Waals surface area contributed by atoms with Gasteiger partial charge in [-0.3, -0.25) is 0 Å². The second-order valence-corrected chi connectivity index (χ2v) is 8.12. The third kappa shape index (κ3) is 2.48. The fourth-order valence-electron chi connectivity index (χ4n) is 4.28. The Labute approximate surface area is 177 Å². The monoisotopic (exact) mass is 414 g/mol. The molecule has 148 valence electrons. The predicted molar refractivity (Wildman–Crippen MR) is 116 cm³/mol. The fourth-order valence-corrected chi connectivity index (χ4v) is 5.11. The summed E-state index contributed by atoms with van der Waals surface area (Å²) in [5, 5.41) is 10.1. The first-order valence-corrected chi connectivity index (χ1v) is 10.6. The van der Waals surface area contributed by atoms with Gasteiger partial charge in [0.25, 0.3) is 0 Å². The number of fused-ring (bicyclic) bond motifs is 3. The summed E-state index contributed by atoms with van der Waals surface area (Å²) in [6.07, 6.45) is 1.26. The van der Waals surface area contributed by atoms with E-state index < -0.39 is 0 Å². The van der Waals surface area contributed by atoms with Crippen LogP contribution in [0.5, 0.6) is 11.5 Å². The highest BCUT2D eigenvalue weighted by Gasteiger charge is 2.42. The zero-order chi connectivity index (χ0) is 20.1. The van der Waals surface area contributed by atoms with E-state index in [9.17, 15) is 0 Å². The van der Waals surface area contributed by atoms with Crippen molar-refractivity contribution < 1.29 is 9.47 Å². The summed E-state index contributed by atoms with van der Waals surface area (Å²) in [4.78, 5) is 5.64. The lowest BCUT2D eigenvalue weighted by atomic mass is 9.86. The molecule has 2 aromatic heterocycles. The quantitative estimate of drug-likeness (QED) is 0.516. The SMILES string of the molecule is COc1ccccc1[C@@H]1Oc2ccccc2C2=C1[C@@H](c1cccs1)n1ncnc1N2. The van der Waals surface area contributed by atoms with Gasteiger partial charge in [0, 0.05) is 21.6 Å². The molecule has 0 radical (unpaired) electrons. The van der Waals surface area contributed by atoms with Gasteiger partial charge in [-0.05, 0) is 29.6 Å². The fraction of sp³-hybridized carbons (Fsp3) is 0.130. The Bertz CT molecular complexity index is 1260. The molecule has 6 nitrogen and oxygen atoms in total. The van der Waals surface area contributed by atoms with Crippen molar-refractivity contribution in [3.05, 3.63) is 93.9 Å². The topological polar surface area (TPSA) is 61.2 Å². The molecule has 0 spiro atoms. The first-order valence-electron chi connectivity index (χ1n) is 9.68. The minimum atomic E-state index is -0.331. The molecule has 4 aromatic rings. The lowest BCUT2D eigenvalue weighted by molar-refractivity contribution is 0.218. The average Bonchev–Trinajstić information content (AvgIpc) is 3.49. The van der Waals surface area contributed by atoms with Gasteiger partial charge >= 0.3 is 0 Å². The Balaban J connectivity index is 1.65. The van der Waals surface area contributed by atoms with Gasteiger partial charge in [-0.2, -0.15) is 10.1 Å².